The standard InChI is InChI=1S/C20H22BrNO2S/c1-14-12-16(21)7-10-19(14)25-13-20(23)22-11-3-4-18(22)15-5-8-17(24-2)9-6-15/h5-10,12,18H,3-4,11,13H2,1-2H3. The second-order valence-corrected chi connectivity index (χ2v) is 8.15. The van der Waals surface area contributed by atoms with Crippen LogP contribution in [-0.4, -0.2) is 30.2 Å². The van der Waals surface area contributed by atoms with E-state index in [0.717, 1.165) is 34.5 Å². The summed E-state index contributed by atoms with van der Waals surface area (Å²) in [5.74, 6) is 1.54. The quantitative estimate of drug-likeness (QED) is 0.621. The van der Waals surface area contributed by atoms with Crippen LogP contribution in [0.3, 0.4) is 0 Å². The third-order valence-corrected chi connectivity index (χ3v) is 6.22. The lowest BCUT2D eigenvalue weighted by atomic mass is 10.0. The van der Waals surface area contributed by atoms with Crippen molar-refractivity contribution in [1.82, 2.24) is 4.90 Å². The molecule has 0 aromatic heterocycles. The van der Waals surface area contributed by atoms with Crippen molar-refractivity contribution in [1.29, 1.82) is 0 Å². The summed E-state index contributed by atoms with van der Waals surface area (Å²) in [7, 11) is 1.67. The normalized spacial score (nSPS) is 16.9. The number of likely N-dealkylation sites (tertiary alicyclic amines) is 1. The van der Waals surface area contributed by atoms with Crippen LogP contribution in [0.25, 0.3) is 0 Å². The van der Waals surface area contributed by atoms with Crippen LogP contribution in [0.5, 0.6) is 5.75 Å². The SMILES string of the molecule is COc1ccc(C2CCCN2C(=O)CSc2ccc(Br)cc2C)cc1. The van der Waals surface area contributed by atoms with Crippen molar-refractivity contribution in [2.75, 3.05) is 19.4 Å². The summed E-state index contributed by atoms with van der Waals surface area (Å²) < 4.78 is 6.30. The van der Waals surface area contributed by atoms with Gasteiger partial charge in [-0.2, -0.15) is 0 Å². The van der Waals surface area contributed by atoms with Gasteiger partial charge in [-0.3, -0.25) is 4.79 Å². The number of thioether (sulfide) groups is 1. The minimum absolute atomic E-state index is 0.185. The van der Waals surface area contributed by atoms with Gasteiger partial charge in [0.2, 0.25) is 5.91 Å². The molecule has 1 unspecified atom stereocenters. The molecule has 1 atom stereocenters. The molecule has 1 aliphatic rings. The van der Waals surface area contributed by atoms with E-state index in [4.69, 9.17) is 4.74 Å². The van der Waals surface area contributed by atoms with Gasteiger partial charge in [0.05, 0.1) is 18.9 Å². The van der Waals surface area contributed by atoms with Crippen LogP contribution < -0.4 is 4.74 Å². The van der Waals surface area contributed by atoms with Crippen LogP contribution in [0.2, 0.25) is 0 Å². The Morgan fingerprint density at radius 1 is 1.28 bits per heavy atom. The molecular weight excluding hydrogens is 398 g/mol. The molecular formula is C20H22BrNO2S. The molecule has 2 aromatic carbocycles. The topological polar surface area (TPSA) is 29.5 Å². The molecule has 0 saturated carbocycles. The highest BCUT2D eigenvalue weighted by Crippen LogP contribution is 2.34. The number of aryl methyl sites for hydroxylation is 1. The van der Waals surface area contributed by atoms with Crippen molar-refractivity contribution in [2.24, 2.45) is 0 Å². The van der Waals surface area contributed by atoms with Gasteiger partial charge in [0, 0.05) is 15.9 Å². The minimum atomic E-state index is 0.185. The first-order valence-corrected chi connectivity index (χ1v) is 10.2. The molecule has 0 bridgehead atoms. The molecule has 25 heavy (non-hydrogen) atoms. The molecule has 0 aliphatic carbocycles. The maximum atomic E-state index is 12.8. The zero-order valence-electron chi connectivity index (χ0n) is 14.5. The third kappa shape index (κ3) is 4.39. The molecule has 0 N–H and O–H groups in total. The van der Waals surface area contributed by atoms with Gasteiger partial charge in [0.1, 0.15) is 5.75 Å². The summed E-state index contributed by atoms with van der Waals surface area (Å²) in [6.07, 6.45) is 2.09. The molecule has 0 spiro atoms. The monoisotopic (exact) mass is 419 g/mol. The number of ether oxygens (including phenoxy) is 1. The molecule has 0 radical (unpaired) electrons. The van der Waals surface area contributed by atoms with Gasteiger partial charge in [-0.25, -0.2) is 0 Å². The molecule has 1 fully saturated rings. The smallest absolute Gasteiger partial charge is 0.233 e. The van der Waals surface area contributed by atoms with E-state index in [1.165, 1.54) is 11.1 Å². The van der Waals surface area contributed by atoms with E-state index in [2.05, 4.69) is 47.1 Å². The number of rotatable bonds is 5. The average Bonchev–Trinajstić information content (AvgIpc) is 3.10. The zero-order valence-corrected chi connectivity index (χ0v) is 16.9. The van der Waals surface area contributed by atoms with E-state index in [0.29, 0.717) is 5.75 Å². The van der Waals surface area contributed by atoms with E-state index >= 15 is 0 Å². The Labute approximate surface area is 161 Å². The Morgan fingerprint density at radius 2 is 2.04 bits per heavy atom. The van der Waals surface area contributed by atoms with Gasteiger partial charge >= 0.3 is 0 Å². The Morgan fingerprint density at radius 3 is 2.72 bits per heavy atom. The number of benzene rings is 2. The number of carbonyl (C=O) groups is 1. The fourth-order valence-corrected chi connectivity index (χ4v) is 4.61. The van der Waals surface area contributed by atoms with E-state index in [-0.39, 0.29) is 11.9 Å². The lowest BCUT2D eigenvalue weighted by Crippen LogP contribution is -2.31. The van der Waals surface area contributed by atoms with E-state index in [1.54, 1.807) is 18.9 Å². The molecule has 3 rings (SSSR count). The van der Waals surface area contributed by atoms with E-state index in [1.807, 2.05) is 23.1 Å². The van der Waals surface area contributed by atoms with Crippen LogP contribution in [0, 0.1) is 6.92 Å². The summed E-state index contributed by atoms with van der Waals surface area (Å²) in [4.78, 5) is 16.0. The second-order valence-electron chi connectivity index (χ2n) is 6.22. The molecule has 5 heteroatoms. The highest BCUT2D eigenvalue weighted by atomic mass is 79.9. The van der Waals surface area contributed by atoms with Crippen LogP contribution in [0.15, 0.2) is 51.8 Å². The van der Waals surface area contributed by atoms with E-state index < -0.39 is 0 Å². The Hall–Kier alpha value is -1.46. The van der Waals surface area contributed by atoms with Crippen LogP contribution >= 0.6 is 27.7 Å². The lowest BCUT2D eigenvalue weighted by Gasteiger charge is -2.25. The van der Waals surface area contributed by atoms with E-state index in [9.17, 15) is 4.79 Å². The van der Waals surface area contributed by atoms with Gasteiger partial charge in [0.25, 0.3) is 0 Å². The zero-order chi connectivity index (χ0) is 17.8. The first-order chi connectivity index (χ1) is 12.1. The predicted molar refractivity (Wildman–Crippen MR) is 106 cm³/mol. The summed E-state index contributed by atoms with van der Waals surface area (Å²) in [6.45, 7) is 2.92. The third-order valence-electron chi connectivity index (χ3n) is 4.56. The highest BCUT2D eigenvalue weighted by molar-refractivity contribution is 9.10. The number of hydrogen-bond donors (Lipinski definition) is 0. The first-order valence-electron chi connectivity index (χ1n) is 8.41. The summed E-state index contributed by atoms with van der Waals surface area (Å²) in [6, 6.07) is 14.4. The molecule has 132 valence electrons. The van der Waals surface area contributed by atoms with Gasteiger partial charge in [0.15, 0.2) is 0 Å². The van der Waals surface area contributed by atoms with Crippen LogP contribution in [0.1, 0.15) is 30.0 Å². The number of hydrogen-bond acceptors (Lipinski definition) is 3. The number of carbonyl (C=O) groups excluding carboxylic acids is 1. The minimum Gasteiger partial charge on any atom is -0.497 e. The fourth-order valence-electron chi connectivity index (χ4n) is 3.24. The van der Waals surface area contributed by atoms with Crippen molar-refractivity contribution < 1.29 is 9.53 Å². The number of amides is 1. The van der Waals surface area contributed by atoms with Crippen molar-refractivity contribution in [2.45, 2.75) is 30.7 Å². The van der Waals surface area contributed by atoms with Crippen LogP contribution in [0.4, 0.5) is 0 Å². The van der Waals surface area contributed by atoms with Crippen molar-refractivity contribution in [3.05, 3.63) is 58.1 Å². The van der Waals surface area contributed by atoms with Gasteiger partial charge in [-0.05, 0) is 61.2 Å². The van der Waals surface area contributed by atoms with Gasteiger partial charge in [-0.15, -0.1) is 11.8 Å². The first kappa shape index (κ1) is 18.3. The molecule has 1 aliphatic heterocycles. The molecule has 2 aromatic rings. The number of nitrogens with zero attached hydrogens (tertiary/aromatic N) is 1. The Bertz CT molecular complexity index is 748. The van der Waals surface area contributed by atoms with Crippen molar-refractivity contribution in [3.63, 3.8) is 0 Å². The molecule has 1 saturated heterocycles. The summed E-state index contributed by atoms with van der Waals surface area (Å²) in [5, 5.41) is 0. The Kier molecular flexibility index (Phi) is 6.07. The number of methoxy groups -OCH3 is 1. The van der Waals surface area contributed by atoms with Crippen LogP contribution in [-0.2, 0) is 4.79 Å². The summed E-state index contributed by atoms with van der Waals surface area (Å²) in [5.41, 5.74) is 2.39. The second kappa shape index (κ2) is 8.28. The molecule has 1 amide bonds. The number of halogens is 1. The van der Waals surface area contributed by atoms with Crippen molar-refractivity contribution >= 4 is 33.6 Å². The maximum Gasteiger partial charge on any atom is 0.233 e. The van der Waals surface area contributed by atoms with Gasteiger partial charge in [-0.1, -0.05) is 28.1 Å². The summed E-state index contributed by atoms with van der Waals surface area (Å²) >= 11 is 5.10. The Balaban J connectivity index is 1.65. The largest absolute Gasteiger partial charge is 0.497 e. The highest BCUT2D eigenvalue weighted by Gasteiger charge is 2.29. The maximum absolute atomic E-state index is 12.8. The average molecular weight is 420 g/mol. The van der Waals surface area contributed by atoms with Crippen molar-refractivity contribution in [3.8, 4) is 5.75 Å². The lowest BCUT2D eigenvalue weighted by molar-refractivity contribution is -0.129. The predicted octanol–water partition coefficient (Wildman–Crippen LogP) is 5.22. The molecule has 1 heterocycles. The molecule has 3 nitrogen and oxygen atoms in total. The van der Waals surface area contributed by atoms with Gasteiger partial charge < -0.3 is 9.64 Å². The fraction of sp³-hybridized carbons (Fsp3) is 0.350.